The number of likely N-dealkylation sites (tertiary alicyclic amines) is 1. The van der Waals surface area contributed by atoms with E-state index in [-0.39, 0.29) is 0 Å². The Bertz CT molecular complexity index is 162. The molecule has 1 N–H and O–H groups in total. The Morgan fingerprint density at radius 1 is 1.27 bits per heavy atom. The molecule has 2 nitrogen and oxygen atoms in total. The average molecular weight is 212 g/mol. The Morgan fingerprint density at radius 3 is 2.33 bits per heavy atom. The molecule has 0 amide bonds. The second-order valence-electron chi connectivity index (χ2n) is 5.16. The van der Waals surface area contributed by atoms with Crippen LogP contribution in [-0.2, 0) is 0 Å². The molecule has 0 aromatic rings. The van der Waals surface area contributed by atoms with Crippen LogP contribution in [0.1, 0.15) is 46.5 Å². The van der Waals surface area contributed by atoms with Crippen LogP contribution in [-0.4, -0.2) is 37.1 Å². The summed E-state index contributed by atoms with van der Waals surface area (Å²) in [6.07, 6.45) is 5.46. The van der Waals surface area contributed by atoms with Crippen molar-refractivity contribution in [1.82, 2.24) is 10.2 Å². The highest BCUT2D eigenvalue weighted by molar-refractivity contribution is 4.77. The number of hydrogen-bond acceptors (Lipinski definition) is 2. The molecule has 1 heterocycles. The van der Waals surface area contributed by atoms with Crippen LogP contribution in [0.4, 0.5) is 0 Å². The minimum atomic E-state index is 0.642. The van der Waals surface area contributed by atoms with Gasteiger partial charge in [0.1, 0.15) is 0 Å². The molecule has 1 aliphatic heterocycles. The highest BCUT2D eigenvalue weighted by Gasteiger charge is 2.22. The summed E-state index contributed by atoms with van der Waals surface area (Å²) in [5, 5.41) is 3.33. The fourth-order valence-electron chi connectivity index (χ4n) is 2.58. The summed E-state index contributed by atoms with van der Waals surface area (Å²) in [6.45, 7) is 9.61. The van der Waals surface area contributed by atoms with Gasteiger partial charge in [0, 0.05) is 12.1 Å². The Hall–Kier alpha value is -0.0800. The first-order valence-corrected chi connectivity index (χ1v) is 6.58. The Balaban J connectivity index is 2.26. The molecular formula is C13H28N2. The molecule has 1 fully saturated rings. The zero-order chi connectivity index (χ0) is 11.3. The highest BCUT2D eigenvalue weighted by Crippen LogP contribution is 2.22. The molecule has 90 valence electrons. The molecule has 0 radical (unpaired) electrons. The average Bonchev–Trinajstić information content (AvgIpc) is 2.29. The van der Waals surface area contributed by atoms with Crippen LogP contribution in [0, 0.1) is 5.92 Å². The van der Waals surface area contributed by atoms with E-state index in [2.05, 4.69) is 38.0 Å². The first kappa shape index (κ1) is 13.0. The molecule has 0 aromatic heterocycles. The lowest BCUT2D eigenvalue weighted by molar-refractivity contribution is 0.128. The number of rotatable bonds is 5. The van der Waals surface area contributed by atoms with Crippen molar-refractivity contribution in [3.8, 4) is 0 Å². The molecule has 0 spiro atoms. The molecule has 1 rings (SSSR count). The number of nitrogens with one attached hydrogen (secondary N) is 1. The van der Waals surface area contributed by atoms with Crippen LogP contribution >= 0.6 is 0 Å². The number of piperidine rings is 1. The van der Waals surface area contributed by atoms with E-state index in [9.17, 15) is 0 Å². The van der Waals surface area contributed by atoms with Gasteiger partial charge in [0.15, 0.2) is 0 Å². The van der Waals surface area contributed by atoms with Gasteiger partial charge in [-0.15, -0.1) is 0 Å². The van der Waals surface area contributed by atoms with Gasteiger partial charge in [-0.1, -0.05) is 13.3 Å². The maximum atomic E-state index is 3.33. The van der Waals surface area contributed by atoms with E-state index in [0.29, 0.717) is 6.04 Å². The molecule has 2 atom stereocenters. The second kappa shape index (κ2) is 6.49. The van der Waals surface area contributed by atoms with Crippen molar-refractivity contribution in [2.75, 3.05) is 20.1 Å². The second-order valence-corrected chi connectivity index (χ2v) is 5.16. The lowest BCUT2D eigenvalue weighted by atomic mass is 9.93. The summed E-state index contributed by atoms with van der Waals surface area (Å²) in [7, 11) is 2.06. The summed E-state index contributed by atoms with van der Waals surface area (Å²) in [6, 6.07) is 1.38. The minimum absolute atomic E-state index is 0.642. The maximum Gasteiger partial charge on any atom is 0.00816 e. The van der Waals surface area contributed by atoms with Crippen molar-refractivity contribution in [3.05, 3.63) is 0 Å². The Morgan fingerprint density at radius 2 is 1.87 bits per heavy atom. The Labute approximate surface area is 95.4 Å². The van der Waals surface area contributed by atoms with Gasteiger partial charge in [-0.05, 0) is 59.2 Å². The first-order chi connectivity index (χ1) is 7.17. The van der Waals surface area contributed by atoms with Gasteiger partial charge < -0.3 is 10.2 Å². The fourth-order valence-corrected chi connectivity index (χ4v) is 2.58. The zero-order valence-corrected chi connectivity index (χ0v) is 10.9. The molecular weight excluding hydrogens is 184 g/mol. The van der Waals surface area contributed by atoms with E-state index >= 15 is 0 Å². The SMILES string of the molecule is CCC1CCN(C(C)CC(C)NC)CC1. The normalized spacial score (nSPS) is 24.0. The first-order valence-electron chi connectivity index (χ1n) is 6.58. The van der Waals surface area contributed by atoms with Gasteiger partial charge in [-0.2, -0.15) is 0 Å². The van der Waals surface area contributed by atoms with E-state index in [1.54, 1.807) is 0 Å². The molecule has 0 aliphatic carbocycles. The lowest BCUT2D eigenvalue weighted by Crippen LogP contribution is -2.42. The monoisotopic (exact) mass is 212 g/mol. The van der Waals surface area contributed by atoms with E-state index in [4.69, 9.17) is 0 Å². The standard InChI is InChI=1S/C13H28N2/c1-5-13-6-8-15(9-7-13)12(3)10-11(2)14-4/h11-14H,5-10H2,1-4H3. The van der Waals surface area contributed by atoms with Crippen molar-refractivity contribution >= 4 is 0 Å². The predicted octanol–water partition coefficient (Wildman–Crippen LogP) is 2.49. The summed E-state index contributed by atoms with van der Waals surface area (Å²) >= 11 is 0. The summed E-state index contributed by atoms with van der Waals surface area (Å²) in [5.74, 6) is 0.996. The predicted molar refractivity (Wildman–Crippen MR) is 67.2 cm³/mol. The molecule has 1 saturated heterocycles. The van der Waals surface area contributed by atoms with E-state index in [0.717, 1.165) is 12.0 Å². The fraction of sp³-hybridized carbons (Fsp3) is 1.00. The number of hydrogen-bond donors (Lipinski definition) is 1. The summed E-state index contributed by atoms with van der Waals surface area (Å²) < 4.78 is 0. The third-order valence-electron chi connectivity index (χ3n) is 4.04. The third-order valence-corrected chi connectivity index (χ3v) is 4.04. The van der Waals surface area contributed by atoms with Crippen molar-refractivity contribution in [1.29, 1.82) is 0 Å². The highest BCUT2D eigenvalue weighted by atomic mass is 15.2. The molecule has 15 heavy (non-hydrogen) atoms. The molecule has 2 heteroatoms. The number of nitrogens with zero attached hydrogens (tertiary/aromatic N) is 1. The lowest BCUT2D eigenvalue weighted by Gasteiger charge is -2.36. The smallest absolute Gasteiger partial charge is 0.00816 e. The van der Waals surface area contributed by atoms with Gasteiger partial charge in [-0.25, -0.2) is 0 Å². The molecule has 2 unspecified atom stereocenters. The van der Waals surface area contributed by atoms with Gasteiger partial charge in [0.05, 0.1) is 0 Å². The van der Waals surface area contributed by atoms with Crippen molar-refractivity contribution < 1.29 is 0 Å². The van der Waals surface area contributed by atoms with E-state index in [1.807, 2.05) is 0 Å². The topological polar surface area (TPSA) is 15.3 Å². The zero-order valence-electron chi connectivity index (χ0n) is 10.9. The van der Waals surface area contributed by atoms with E-state index in [1.165, 1.54) is 38.8 Å². The van der Waals surface area contributed by atoms with Gasteiger partial charge in [-0.3, -0.25) is 0 Å². The third kappa shape index (κ3) is 4.12. The quantitative estimate of drug-likeness (QED) is 0.753. The molecule has 0 bridgehead atoms. The van der Waals surface area contributed by atoms with Crippen LogP contribution in [0.15, 0.2) is 0 Å². The van der Waals surface area contributed by atoms with Gasteiger partial charge >= 0.3 is 0 Å². The van der Waals surface area contributed by atoms with Crippen LogP contribution in [0.2, 0.25) is 0 Å². The minimum Gasteiger partial charge on any atom is -0.317 e. The summed E-state index contributed by atoms with van der Waals surface area (Å²) in [4.78, 5) is 2.67. The van der Waals surface area contributed by atoms with Crippen LogP contribution in [0.5, 0.6) is 0 Å². The van der Waals surface area contributed by atoms with Gasteiger partial charge in [0.2, 0.25) is 0 Å². The maximum absolute atomic E-state index is 3.33. The van der Waals surface area contributed by atoms with E-state index < -0.39 is 0 Å². The van der Waals surface area contributed by atoms with Crippen LogP contribution in [0.3, 0.4) is 0 Å². The molecule has 0 saturated carbocycles. The molecule has 1 aliphatic rings. The van der Waals surface area contributed by atoms with Crippen LogP contribution < -0.4 is 5.32 Å². The summed E-state index contributed by atoms with van der Waals surface area (Å²) in [5.41, 5.74) is 0. The largest absolute Gasteiger partial charge is 0.317 e. The van der Waals surface area contributed by atoms with Crippen molar-refractivity contribution in [3.63, 3.8) is 0 Å². The van der Waals surface area contributed by atoms with Crippen molar-refractivity contribution in [2.24, 2.45) is 5.92 Å². The Kier molecular flexibility index (Phi) is 5.62. The van der Waals surface area contributed by atoms with Crippen LogP contribution in [0.25, 0.3) is 0 Å². The molecule has 0 aromatic carbocycles. The van der Waals surface area contributed by atoms with Crippen molar-refractivity contribution in [2.45, 2.75) is 58.5 Å². The van der Waals surface area contributed by atoms with Gasteiger partial charge in [0.25, 0.3) is 0 Å².